The molecule has 1 unspecified atom stereocenters. The maximum absolute atomic E-state index is 12.9. The second-order valence-electron chi connectivity index (χ2n) is 6.28. The van der Waals surface area contributed by atoms with Crippen LogP contribution in [0.15, 0.2) is 30.3 Å². The first kappa shape index (κ1) is 16.7. The van der Waals surface area contributed by atoms with Crippen LogP contribution in [0.3, 0.4) is 0 Å². The molecule has 0 saturated heterocycles. The van der Waals surface area contributed by atoms with Gasteiger partial charge in [0.2, 0.25) is 5.91 Å². The molecule has 1 aliphatic rings. The number of rotatable bonds is 4. The van der Waals surface area contributed by atoms with Crippen LogP contribution in [-0.2, 0) is 17.6 Å². The van der Waals surface area contributed by atoms with Crippen LogP contribution < -0.4 is 10.6 Å². The number of para-hydroxylation sites is 1. The second kappa shape index (κ2) is 7.18. The maximum atomic E-state index is 12.9. The summed E-state index contributed by atoms with van der Waals surface area (Å²) in [5.74, 6) is 0.422. The third kappa shape index (κ3) is 3.51. The van der Waals surface area contributed by atoms with Gasteiger partial charge in [-0.1, -0.05) is 32.0 Å². The maximum Gasteiger partial charge on any atom is 0.258 e. The highest BCUT2D eigenvalue weighted by molar-refractivity contribution is 7.17. The molecule has 3 rings (SSSR count). The monoisotopic (exact) mass is 342 g/mol. The summed E-state index contributed by atoms with van der Waals surface area (Å²) < 4.78 is 0. The smallest absolute Gasteiger partial charge is 0.258 e. The van der Waals surface area contributed by atoms with Crippen LogP contribution in [0.25, 0.3) is 0 Å². The summed E-state index contributed by atoms with van der Waals surface area (Å²) in [4.78, 5) is 26.0. The van der Waals surface area contributed by atoms with Gasteiger partial charge in [0.15, 0.2) is 0 Å². The number of hydrogen-bond donors (Lipinski definition) is 2. The van der Waals surface area contributed by atoms with Gasteiger partial charge < -0.3 is 10.6 Å². The molecule has 2 N–H and O–H groups in total. The average Bonchev–Trinajstić information content (AvgIpc) is 2.92. The Morgan fingerprint density at radius 2 is 1.96 bits per heavy atom. The van der Waals surface area contributed by atoms with E-state index in [0.29, 0.717) is 22.9 Å². The summed E-state index contributed by atoms with van der Waals surface area (Å²) in [5, 5.41) is 6.56. The molecule has 0 bridgehead atoms. The van der Waals surface area contributed by atoms with Crippen molar-refractivity contribution in [2.24, 2.45) is 5.92 Å². The number of nitrogens with one attached hydrogen (secondary N) is 2. The van der Waals surface area contributed by atoms with E-state index in [1.807, 2.05) is 37.3 Å². The summed E-state index contributed by atoms with van der Waals surface area (Å²) in [7, 11) is 0. The van der Waals surface area contributed by atoms with Crippen LogP contribution in [0.2, 0.25) is 0 Å². The molecule has 1 aliphatic carbocycles. The van der Waals surface area contributed by atoms with Crippen molar-refractivity contribution in [3.8, 4) is 0 Å². The molecule has 0 saturated carbocycles. The normalized spacial score (nSPS) is 16.3. The Bertz CT molecular complexity index is 752. The number of thiophene rings is 1. The van der Waals surface area contributed by atoms with Crippen LogP contribution in [-0.4, -0.2) is 11.8 Å². The van der Waals surface area contributed by atoms with E-state index in [2.05, 4.69) is 17.6 Å². The number of carbonyl (C=O) groups is 2. The molecule has 2 aromatic rings. The Hall–Kier alpha value is -2.14. The summed E-state index contributed by atoms with van der Waals surface area (Å²) in [6.45, 7) is 4.05. The highest BCUT2D eigenvalue weighted by Gasteiger charge is 2.28. The Morgan fingerprint density at radius 3 is 2.67 bits per heavy atom. The number of carbonyl (C=O) groups excluding carboxylic acids is 2. The Balaban J connectivity index is 1.94. The van der Waals surface area contributed by atoms with Crippen LogP contribution in [0.1, 0.15) is 47.5 Å². The topological polar surface area (TPSA) is 58.2 Å². The van der Waals surface area contributed by atoms with Gasteiger partial charge in [0.25, 0.3) is 5.91 Å². The standard InChI is InChI=1S/C19H22N2O2S/c1-3-16(22)21-19-17(14-10-9-12(2)11-15(14)24-19)18(23)20-13-7-5-4-6-8-13/h4-8,12H,3,9-11H2,1-2H3,(H,20,23)(H,21,22). The lowest BCUT2D eigenvalue weighted by Gasteiger charge is -2.18. The minimum atomic E-state index is -0.139. The van der Waals surface area contributed by atoms with E-state index in [4.69, 9.17) is 0 Å². The molecule has 1 aromatic heterocycles. The Kier molecular flexibility index (Phi) is 5.00. The summed E-state index contributed by atoms with van der Waals surface area (Å²) >= 11 is 1.56. The summed E-state index contributed by atoms with van der Waals surface area (Å²) in [6, 6.07) is 9.42. The van der Waals surface area contributed by atoms with Gasteiger partial charge in [-0.3, -0.25) is 9.59 Å². The Morgan fingerprint density at radius 1 is 1.21 bits per heavy atom. The zero-order chi connectivity index (χ0) is 17.1. The van der Waals surface area contributed by atoms with Crippen LogP contribution in [0.4, 0.5) is 10.7 Å². The molecule has 1 heterocycles. The molecule has 4 nitrogen and oxygen atoms in total. The van der Waals surface area contributed by atoms with E-state index < -0.39 is 0 Å². The van der Waals surface area contributed by atoms with E-state index in [1.165, 1.54) is 4.88 Å². The van der Waals surface area contributed by atoms with Crippen molar-refractivity contribution in [3.05, 3.63) is 46.3 Å². The molecule has 0 fully saturated rings. The SMILES string of the molecule is CCC(=O)Nc1sc2c(c1C(=O)Nc1ccccc1)CCC(C)C2. The van der Waals surface area contributed by atoms with Gasteiger partial charge in [-0.2, -0.15) is 0 Å². The molecule has 0 radical (unpaired) electrons. The van der Waals surface area contributed by atoms with Gasteiger partial charge in [-0.15, -0.1) is 11.3 Å². The fourth-order valence-corrected chi connectivity index (χ4v) is 4.43. The summed E-state index contributed by atoms with van der Waals surface area (Å²) in [6.07, 6.45) is 3.36. The quantitative estimate of drug-likeness (QED) is 0.861. The predicted octanol–water partition coefficient (Wildman–Crippen LogP) is 4.47. The summed E-state index contributed by atoms with van der Waals surface area (Å²) in [5.41, 5.74) is 2.52. The molecule has 126 valence electrons. The number of hydrogen-bond acceptors (Lipinski definition) is 3. The van der Waals surface area contributed by atoms with Crippen LogP contribution in [0.5, 0.6) is 0 Å². The van der Waals surface area contributed by atoms with E-state index >= 15 is 0 Å². The minimum absolute atomic E-state index is 0.0598. The van der Waals surface area contributed by atoms with Crippen molar-refractivity contribution >= 4 is 33.8 Å². The zero-order valence-corrected chi connectivity index (χ0v) is 14.8. The molecular formula is C19H22N2O2S. The Labute approximate surface area is 146 Å². The zero-order valence-electron chi connectivity index (χ0n) is 14.0. The van der Waals surface area contributed by atoms with Crippen molar-refractivity contribution in [2.45, 2.75) is 39.5 Å². The van der Waals surface area contributed by atoms with Crippen LogP contribution in [0, 0.1) is 5.92 Å². The fraction of sp³-hybridized carbons (Fsp3) is 0.368. The highest BCUT2D eigenvalue weighted by Crippen LogP contribution is 2.40. The number of fused-ring (bicyclic) bond motifs is 1. The predicted molar refractivity (Wildman–Crippen MR) is 98.8 cm³/mol. The lowest BCUT2D eigenvalue weighted by Crippen LogP contribution is -2.19. The number of anilines is 2. The van der Waals surface area contributed by atoms with E-state index in [0.717, 1.165) is 30.5 Å². The van der Waals surface area contributed by atoms with Gasteiger partial charge in [-0.25, -0.2) is 0 Å². The van der Waals surface area contributed by atoms with Crippen molar-refractivity contribution in [3.63, 3.8) is 0 Å². The molecule has 0 spiro atoms. The highest BCUT2D eigenvalue weighted by atomic mass is 32.1. The first-order chi connectivity index (χ1) is 11.6. The third-order valence-corrected chi connectivity index (χ3v) is 5.51. The molecule has 1 aromatic carbocycles. The van der Waals surface area contributed by atoms with Crippen LogP contribution >= 0.6 is 11.3 Å². The van der Waals surface area contributed by atoms with Crippen molar-refractivity contribution in [2.75, 3.05) is 10.6 Å². The van der Waals surface area contributed by atoms with E-state index in [9.17, 15) is 9.59 Å². The largest absolute Gasteiger partial charge is 0.322 e. The van der Waals surface area contributed by atoms with E-state index in [1.54, 1.807) is 11.3 Å². The molecule has 2 amide bonds. The van der Waals surface area contributed by atoms with Crippen molar-refractivity contribution in [1.29, 1.82) is 0 Å². The van der Waals surface area contributed by atoms with Crippen molar-refractivity contribution < 1.29 is 9.59 Å². The lowest BCUT2D eigenvalue weighted by atomic mass is 9.88. The molecule has 5 heteroatoms. The van der Waals surface area contributed by atoms with E-state index in [-0.39, 0.29) is 11.8 Å². The van der Waals surface area contributed by atoms with Gasteiger partial charge in [0.05, 0.1) is 5.56 Å². The number of benzene rings is 1. The first-order valence-corrected chi connectivity index (χ1v) is 9.21. The van der Waals surface area contributed by atoms with Gasteiger partial charge in [-0.05, 0) is 42.9 Å². The molecular weight excluding hydrogens is 320 g/mol. The molecule has 0 aliphatic heterocycles. The fourth-order valence-electron chi connectivity index (χ4n) is 3.01. The van der Waals surface area contributed by atoms with Gasteiger partial charge in [0, 0.05) is 17.0 Å². The second-order valence-corrected chi connectivity index (χ2v) is 7.38. The van der Waals surface area contributed by atoms with Gasteiger partial charge in [0.1, 0.15) is 5.00 Å². The van der Waals surface area contributed by atoms with Gasteiger partial charge >= 0.3 is 0 Å². The molecule has 24 heavy (non-hydrogen) atoms. The molecule has 1 atom stereocenters. The minimum Gasteiger partial charge on any atom is -0.322 e. The average molecular weight is 342 g/mol. The lowest BCUT2D eigenvalue weighted by molar-refractivity contribution is -0.115. The first-order valence-electron chi connectivity index (χ1n) is 8.39. The third-order valence-electron chi connectivity index (χ3n) is 4.34. The number of amides is 2. The van der Waals surface area contributed by atoms with Crippen molar-refractivity contribution in [1.82, 2.24) is 0 Å².